The van der Waals surface area contributed by atoms with E-state index in [2.05, 4.69) is 35.2 Å². The molecule has 0 spiro atoms. The third-order valence-electron chi connectivity index (χ3n) is 7.45. The molecule has 0 saturated carbocycles. The van der Waals surface area contributed by atoms with Gasteiger partial charge in [-0.1, -0.05) is 19.9 Å². The van der Waals surface area contributed by atoms with Gasteiger partial charge < -0.3 is 25.0 Å². The first kappa shape index (κ1) is 25.7. The molecule has 3 aromatic rings. The lowest BCUT2D eigenvalue weighted by atomic mass is 9.86. The Balaban J connectivity index is 1.56. The lowest BCUT2D eigenvalue weighted by Gasteiger charge is -2.37. The van der Waals surface area contributed by atoms with Crippen LogP contribution in [0.5, 0.6) is 0 Å². The van der Waals surface area contributed by atoms with Crippen molar-refractivity contribution < 1.29 is 27.8 Å². The number of aliphatic hydroxyl groups is 1. The fraction of sp³-hybridized carbons (Fsp3) is 0.481. The molecule has 37 heavy (non-hydrogen) atoms. The summed E-state index contributed by atoms with van der Waals surface area (Å²) < 4.78 is 45.8. The van der Waals surface area contributed by atoms with Gasteiger partial charge in [0.1, 0.15) is 5.65 Å². The van der Waals surface area contributed by atoms with E-state index in [-0.39, 0.29) is 19.1 Å². The van der Waals surface area contributed by atoms with Crippen LogP contribution in [0, 0.1) is 0 Å². The molecular weight excluding hydrogens is 485 g/mol. The Morgan fingerprint density at radius 1 is 1.24 bits per heavy atom. The minimum absolute atomic E-state index is 0.0131. The number of halogens is 3. The highest BCUT2D eigenvalue weighted by Gasteiger charge is 2.57. The third kappa shape index (κ3) is 4.62. The van der Waals surface area contributed by atoms with Crippen molar-refractivity contribution in [1.29, 1.82) is 0 Å². The molecule has 0 aliphatic carbocycles. The monoisotopic (exact) mass is 516 g/mol. The van der Waals surface area contributed by atoms with Crippen molar-refractivity contribution in [2.24, 2.45) is 0 Å². The van der Waals surface area contributed by atoms with Crippen LogP contribution in [0.3, 0.4) is 0 Å². The maximum Gasteiger partial charge on any atom is 0.426 e. The number of aromatic nitrogens is 2. The molecule has 2 aliphatic rings. The zero-order valence-corrected chi connectivity index (χ0v) is 21.1. The number of alkyl halides is 3. The van der Waals surface area contributed by atoms with Crippen LogP contribution in [0.1, 0.15) is 55.0 Å². The second-order valence-electron chi connectivity index (χ2n) is 10.4. The van der Waals surface area contributed by atoms with Crippen LogP contribution >= 0.6 is 0 Å². The van der Waals surface area contributed by atoms with Gasteiger partial charge in [-0.15, -0.1) is 0 Å². The molecule has 3 N–H and O–H groups in total. The van der Waals surface area contributed by atoms with Crippen LogP contribution in [0.4, 0.5) is 13.2 Å². The molecule has 2 aromatic heterocycles. The van der Waals surface area contributed by atoms with Gasteiger partial charge in [-0.2, -0.15) is 13.2 Å². The molecule has 198 valence electrons. The van der Waals surface area contributed by atoms with Gasteiger partial charge in [0.15, 0.2) is 0 Å². The van der Waals surface area contributed by atoms with E-state index in [1.165, 1.54) is 5.56 Å². The van der Waals surface area contributed by atoms with Gasteiger partial charge >= 0.3 is 6.18 Å². The molecule has 1 fully saturated rings. The molecule has 1 amide bonds. The van der Waals surface area contributed by atoms with Gasteiger partial charge in [0.05, 0.1) is 19.3 Å². The lowest BCUT2D eigenvalue weighted by molar-refractivity contribution is -0.250. The van der Waals surface area contributed by atoms with Crippen LogP contribution in [-0.4, -0.2) is 64.0 Å². The van der Waals surface area contributed by atoms with Crippen molar-refractivity contribution in [1.82, 2.24) is 20.2 Å². The number of morpholine rings is 1. The molecule has 10 heteroatoms. The van der Waals surface area contributed by atoms with Crippen molar-refractivity contribution in [2.45, 2.75) is 57.5 Å². The van der Waals surface area contributed by atoms with E-state index in [1.54, 1.807) is 0 Å². The van der Waals surface area contributed by atoms with E-state index < -0.39 is 17.7 Å². The average molecular weight is 517 g/mol. The van der Waals surface area contributed by atoms with E-state index in [4.69, 9.17) is 4.74 Å². The number of hydrogen-bond donors (Lipinski definition) is 3. The highest BCUT2D eigenvalue weighted by Crippen LogP contribution is 2.37. The molecule has 0 bridgehead atoms. The second-order valence-corrected chi connectivity index (χ2v) is 10.4. The van der Waals surface area contributed by atoms with Gasteiger partial charge in [0.25, 0.3) is 5.91 Å². The number of ether oxygens (including phenoxy) is 1. The summed E-state index contributed by atoms with van der Waals surface area (Å²) in [6.45, 7) is 6.47. The number of nitrogens with zero attached hydrogens (tertiary/aromatic N) is 2. The quantitative estimate of drug-likeness (QED) is 0.483. The number of carbonyl (C=O) groups is 1. The molecule has 4 heterocycles. The Labute approximate surface area is 213 Å². The van der Waals surface area contributed by atoms with E-state index >= 15 is 0 Å². The van der Waals surface area contributed by atoms with E-state index in [0.717, 1.165) is 43.8 Å². The minimum Gasteiger partial charge on any atom is -0.378 e. The second kappa shape index (κ2) is 9.41. The summed E-state index contributed by atoms with van der Waals surface area (Å²) >= 11 is 0. The number of fused-ring (bicyclic) bond motifs is 2. The Morgan fingerprint density at radius 2 is 2.03 bits per heavy atom. The first-order valence-electron chi connectivity index (χ1n) is 12.5. The third-order valence-corrected chi connectivity index (χ3v) is 7.45. The van der Waals surface area contributed by atoms with Crippen molar-refractivity contribution in [3.05, 3.63) is 52.8 Å². The zero-order valence-electron chi connectivity index (χ0n) is 21.1. The Hall–Kier alpha value is -2.95. The maximum absolute atomic E-state index is 13.4. The van der Waals surface area contributed by atoms with Crippen LogP contribution in [-0.2, 0) is 22.5 Å². The van der Waals surface area contributed by atoms with Crippen molar-refractivity contribution >= 4 is 16.9 Å². The van der Waals surface area contributed by atoms with E-state index in [1.807, 2.05) is 24.5 Å². The summed E-state index contributed by atoms with van der Waals surface area (Å²) in [5.74, 6) is -1.01. The van der Waals surface area contributed by atoms with Crippen LogP contribution in [0.25, 0.3) is 22.2 Å². The largest absolute Gasteiger partial charge is 0.426 e. The van der Waals surface area contributed by atoms with Crippen molar-refractivity contribution in [3.63, 3.8) is 0 Å². The molecule has 5 rings (SSSR count). The van der Waals surface area contributed by atoms with Gasteiger partial charge in [0.2, 0.25) is 5.60 Å². The summed E-state index contributed by atoms with van der Waals surface area (Å²) in [5, 5.41) is 14.5. The van der Waals surface area contributed by atoms with Crippen LogP contribution < -0.4 is 5.32 Å². The molecular formula is C27H31F3N4O3. The Bertz CT molecular complexity index is 1330. The van der Waals surface area contributed by atoms with Gasteiger partial charge in [0, 0.05) is 43.0 Å². The zero-order chi connectivity index (χ0) is 26.5. The number of amides is 1. The predicted octanol–water partition coefficient (Wildman–Crippen LogP) is 4.21. The summed E-state index contributed by atoms with van der Waals surface area (Å²) in [7, 11) is 0. The number of benzene rings is 1. The smallest absolute Gasteiger partial charge is 0.378 e. The number of aromatic amines is 1. The number of hydrogen-bond acceptors (Lipinski definition) is 5. The maximum atomic E-state index is 13.4. The predicted molar refractivity (Wildman–Crippen MR) is 133 cm³/mol. The van der Waals surface area contributed by atoms with Crippen molar-refractivity contribution in [2.75, 3.05) is 26.3 Å². The number of nitrogens with one attached hydrogen (secondary N) is 2. The standard InChI is InChI=1S/C27H31F3N4O3/c1-15(2)21-12-33-24-20(21)10-18(11-32-24)17-8-16-4-6-34(25(35)26(3,36)27(28,29)30)13-22(16)19(9-17)23-14-37-7-5-31-23/h8-12,15,23,31,36H,4-7,13-14H2,1-3H3,(H,32,33)/t23-,26-/m0/s1. The summed E-state index contributed by atoms with van der Waals surface area (Å²) in [5.41, 5.74) is 3.09. The fourth-order valence-electron chi connectivity index (χ4n) is 5.20. The molecule has 1 saturated heterocycles. The first-order chi connectivity index (χ1) is 17.5. The fourth-order valence-corrected chi connectivity index (χ4v) is 5.20. The van der Waals surface area contributed by atoms with Gasteiger partial charge in [-0.05, 0) is 59.2 Å². The summed E-state index contributed by atoms with van der Waals surface area (Å²) in [6.07, 6.45) is -0.886. The average Bonchev–Trinajstić information content (AvgIpc) is 3.31. The molecule has 2 atom stereocenters. The molecule has 0 radical (unpaired) electrons. The molecule has 0 unspecified atom stereocenters. The first-order valence-corrected chi connectivity index (χ1v) is 12.5. The highest BCUT2D eigenvalue weighted by atomic mass is 19.4. The van der Waals surface area contributed by atoms with Gasteiger partial charge in [-0.25, -0.2) is 4.98 Å². The summed E-state index contributed by atoms with van der Waals surface area (Å²) in [4.78, 5) is 21.7. The SMILES string of the molecule is CC(C)c1c[nH]c2ncc(-c3cc4c(c([C@@H]5COCCN5)c3)CN(C(=O)[C@](C)(O)C(F)(F)F)CC4)cc12. The summed E-state index contributed by atoms with van der Waals surface area (Å²) in [6, 6.07) is 6.00. The van der Waals surface area contributed by atoms with E-state index in [9.17, 15) is 23.1 Å². The highest BCUT2D eigenvalue weighted by molar-refractivity contribution is 5.87. The van der Waals surface area contributed by atoms with Crippen LogP contribution in [0.15, 0.2) is 30.6 Å². The van der Waals surface area contributed by atoms with E-state index in [0.29, 0.717) is 39.0 Å². The molecule has 1 aromatic carbocycles. The van der Waals surface area contributed by atoms with Crippen LogP contribution in [0.2, 0.25) is 0 Å². The number of rotatable bonds is 4. The van der Waals surface area contributed by atoms with Gasteiger partial charge in [-0.3, -0.25) is 4.79 Å². The number of H-pyrrole nitrogens is 1. The number of pyridine rings is 1. The Kier molecular flexibility index (Phi) is 6.54. The Morgan fingerprint density at radius 3 is 2.70 bits per heavy atom. The number of carbonyl (C=O) groups excluding carboxylic acids is 1. The molecule has 7 nitrogen and oxygen atoms in total. The lowest BCUT2D eigenvalue weighted by Crippen LogP contribution is -2.56. The topological polar surface area (TPSA) is 90.5 Å². The van der Waals surface area contributed by atoms with Crippen molar-refractivity contribution in [3.8, 4) is 11.1 Å². The normalized spacial score (nSPS) is 20.2. The minimum atomic E-state index is -5.06. The molecule has 2 aliphatic heterocycles.